The minimum absolute atomic E-state index is 0.131. The number of aromatic nitrogens is 4. The minimum Gasteiger partial charge on any atom is -0.505 e. The van der Waals surface area contributed by atoms with Crippen LogP contribution in [0.5, 0.6) is 0 Å². The van der Waals surface area contributed by atoms with Gasteiger partial charge >= 0.3 is 5.91 Å². The molecule has 11 heteroatoms. The number of aryl methyl sites for hydroxylation is 1. The average molecular weight is 558 g/mol. The van der Waals surface area contributed by atoms with Crippen LogP contribution in [-0.4, -0.2) is 36.4 Å². The van der Waals surface area contributed by atoms with E-state index < -0.39 is 23.5 Å². The third kappa shape index (κ3) is 4.49. The third-order valence-electron chi connectivity index (χ3n) is 6.37. The van der Waals surface area contributed by atoms with Gasteiger partial charge in [0.15, 0.2) is 10.1 Å². The standard InChI is InChI=1S/C28H20FN5O3S2/c1-16-22(33-14-6-5-9-20(33)30-16)24(35)21-23(18-10-12-19(29)13-11-18)34(26(37)25(21)36)27-31-32-28(39-27)38-15-17-7-3-2-4-8-17/h2-14,23,35H,15H2,1H3. The number of nitrogens with zero attached hydrogens (tertiary/aromatic N) is 5. The number of pyridine rings is 1. The SMILES string of the molecule is Cc1nc2ccccn2c1C(O)=C1C(=O)C(=O)N(c2nnc(SCc3ccccc3)s2)C1c1ccc(F)cc1. The number of aliphatic hydroxyl groups excluding tert-OH is 1. The van der Waals surface area contributed by atoms with Crippen molar-refractivity contribution in [1.82, 2.24) is 19.6 Å². The van der Waals surface area contributed by atoms with Crippen molar-refractivity contribution in [2.45, 2.75) is 23.1 Å². The predicted molar refractivity (Wildman–Crippen MR) is 147 cm³/mol. The molecule has 1 unspecified atom stereocenters. The van der Waals surface area contributed by atoms with Gasteiger partial charge in [0.25, 0.3) is 5.78 Å². The van der Waals surface area contributed by atoms with Crippen molar-refractivity contribution in [2.75, 3.05) is 4.90 Å². The van der Waals surface area contributed by atoms with Gasteiger partial charge in [-0.25, -0.2) is 9.37 Å². The number of aliphatic hydroxyl groups is 1. The van der Waals surface area contributed by atoms with Gasteiger partial charge in [-0.05, 0) is 42.3 Å². The van der Waals surface area contributed by atoms with Crippen LogP contribution in [0.1, 0.15) is 28.6 Å². The maximum absolute atomic E-state index is 13.8. The van der Waals surface area contributed by atoms with Gasteiger partial charge in [-0.15, -0.1) is 10.2 Å². The Balaban J connectivity index is 1.45. The van der Waals surface area contributed by atoms with E-state index in [1.807, 2.05) is 36.4 Å². The number of anilines is 1. The van der Waals surface area contributed by atoms with Crippen molar-refractivity contribution in [3.63, 3.8) is 0 Å². The van der Waals surface area contributed by atoms with E-state index >= 15 is 0 Å². The molecule has 0 radical (unpaired) electrons. The second kappa shape index (κ2) is 10.1. The minimum atomic E-state index is -1.04. The molecule has 3 aromatic heterocycles. The van der Waals surface area contributed by atoms with Crippen LogP contribution in [0.4, 0.5) is 9.52 Å². The molecular formula is C28H20FN5O3S2. The molecule has 1 N–H and O–H groups in total. The topological polar surface area (TPSA) is 101 Å². The van der Waals surface area contributed by atoms with Gasteiger partial charge < -0.3 is 5.11 Å². The van der Waals surface area contributed by atoms with Crippen molar-refractivity contribution in [1.29, 1.82) is 0 Å². The number of imidazole rings is 1. The molecule has 1 aliphatic heterocycles. The van der Waals surface area contributed by atoms with E-state index in [1.54, 1.807) is 29.7 Å². The number of amides is 1. The number of thioether (sulfide) groups is 1. The molecule has 0 saturated carbocycles. The lowest BCUT2D eigenvalue weighted by Gasteiger charge is -2.22. The van der Waals surface area contributed by atoms with Gasteiger partial charge in [0.2, 0.25) is 5.13 Å². The molecular weight excluding hydrogens is 537 g/mol. The molecule has 0 spiro atoms. The zero-order chi connectivity index (χ0) is 27.1. The van der Waals surface area contributed by atoms with Gasteiger partial charge in [0.05, 0.1) is 17.3 Å². The summed E-state index contributed by atoms with van der Waals surface area (Å²) < 4.78 is 16.1. The highest BCUT2D eigenvalue weighted by atomic mass is 32.2. The first-order chi connectivity index (χ1) is 18.9. The van der Waals surface area contributed by atoms with E-state index in [9.17, 15) is 19.1 Å². The summed E-state index contributed by atoms with van der Waals surface area (Å²) in [4.78, 5) is 32.6. The Morgan fingerprint density at radius 2 is 1.77 bits per heavy atom. The maximum Gasteiger partial charge on any atom is 0.301 e. The van der Waals surface area contributed by atoms with Gasteiger partial charge in [0, 0.05) is 11.9 Å². The van der Waals surface area contributed by atoms with E-state index in [0.29, 0.717) is 32.7 Å². The summed E-state index contributed by atoms with van der Waals surface area (Å²) in [5, 5.41) is 20.2. The van der Waals surface area contributed by atoms with Gasteiger partial charge in [0.1, 0.15) is 17.2 Å². The lowest BCUT2D eigenvalue weighted by Crippen LogP contribution is -2.29. The molecule has 8 nitrogen and oxygen atoms in total. The zero-order valence-corrected chi connectivity index (χ0v) is 22.1. The fourth-order valence-corrected chi connectivity index (χ4v) is 6.42. The van der Waals surface area contributed by atoms with E-state index in [-0.39, 0.29) is 16.5 Å². The summed E-state index contributed by atoms with van der Waals surface area (Å²) in [6.07, 6.45) is 1.72. The predicted octanol–water partition coefficient (Wildman–Crippen LogP) is 5.55. The Hall–Kier alpha value is -4.35. The molecule has 4 heterocycles. The Morgan fingerprint density at radius 1 is 1.03 bits per heavy atom. The number of Topliss-reactive ketones (excluding diaryl/α,β-unsaturated/α-hetero) is 1. The van der Waals surface area contributed by atoms with Crippen LogP contribution in [-0.2, 0) is 15.3 Å². The molecule has 1 fully saturated rings. The molecule has 2 aromatic carbocycles. The molecule has 0 bridgehead atoms. The largest absolute Gasteiger partial charge is 0.505 e. The Labute approximate surface area is 230 Å². The summed E-state index contributed by atoms with van der Waals surface area (Å²) in [7, 11) is 0. The molecule has 5 aromatic rings. The van der Waals surface area contributed by atoms with Gasteiger partial charge in [-0.1, -0.05) is 71.6 Å². The number of hydrogen-bond donors (Lipinski definition) is 1. The zero-order valence-electron chi connectivity index (χ0n) is 20.5. The van der Waals surface area contributed by atoms with Crippen LogP contribution in [0.25, 0.3) is 11.4 Å². The second-order valence-electron chi connectivity index (χ2n) is 8.82. The lowest BCUT2D eigenvalue weighted by atomic mass is 9.96. The summed E-state index contributed by atoms with van der Waals surface area (Å²) in [5.41, 5.74) is 2.78. The summed E-state index contributed by atoms with van der Waals surface area (Å²) >= 11 is 2.63. The number of carbonyl (C=O) groups excluding carboxylic acids is 2. The fraction of sp³-hybridized carbons (Fsp3) is 0.107. The molecule has 1 amide bonds. The molecule has 1 atom stereocenters. The number of benzene rings is 2. The lowest BCUT2D eigenvalue weighted by molar-refractivity contribution is -0.132. The highest BCUT2D eigenvalue weighted by Crippen LogP contribution is 2.44. The number of ketones is 1. The monoisotopic (exact) mass is 557 g/mol. The van der Waals surface area contributed by atoms with Crippen LogP contribution in [0, 0.1) is 12.7 Å². The number of halogens is 1. The molecule has 1 aliphatic rings. The first-order valence-corrected chi connectivity index (χ1v) is 13.7. The van der Waals surface area contributed by atoms with Gasteiger partial charge in [-0.2, -0.15) is 0 Å². The second-order valence-corrected chi connectivity index (χ2v) is 11.0. The van der Waals surface area contributed by atoms with Crippen LogP contribution in [0.15, 0.2) is 88.9 Å². The van der Waals surface area contributed by atoms with Crippen LogP contribution >= 0.6 is 23.1 Å². The third-order valence-corrected chi connectivity index (χ3v) is 8.49. The Bertz CT molecular complexity index is 1750. The maximum atomic E-state index is 13.8. The first kappa shape index (κ1) is 25.0. The summed E-state index contributed by atoms with van der Waals surface area (Å²) in [5.74, 6) is -1.91. The quantitative estimate of drug-likeness (QED) is 0.0960. The van der Waals surface area contributed by atoms with E-state index in [4.69, 9.17) is 0 Å². The Kier molecular flexibility index (Phi) is 6.45. The van der Waals surface area contributed by atoms with Crippen molar-refractivity contribution >= 4 is 51.3 Å². The van der Waals surface area contributed by atoms with Crippen molar-refractivity contribution in [2.24, 2.45) is 0 Å². The molecule has 6 rings (SSSR count). The normalized spacial score (nSPS) is 16.9. The van der Waals surface area contributed by atoms with Crippen molar-refractivity contribution in [3.8, 4) is 0 Å². The first-order valence-electron chi connectivity index (χ1n) is 11.9. The van der Waals surface area contributed by atoms with Crippen molar-refractivity contribution < 1.29 is 19.1 Å². The number of fused-ring (bicyclic) bond motifs is 1. The molecule has 0 aliphatic carbocycles. The van der Waals surface area contributed by atoms with E-state index in [1.165, 1.54) is 52.3 Å². The number of hydrogen-bond acceptors (Lipinski definition) is 8. The van der Waals surface area contributed by atoms with Crippen LogP contribution < -0.4 is 4.90 Å². The fourth-order valence-electron chi connectivity index (χ4n) is 4.59. The van der Waals surface area contributed by atoms with Gasteiger partial charge in [-0.3, -0.25) is 18.9 Å². The summed E-state index contributed by atoms with van der Waals surface area (Å²) in [6, 6.07) is 19.6. The number of carbonyl (C=O) groups is 2. The number of rotatable bonds is 6. The molecule has 194 valence electrons. The van der Waals surface area contributed by atoms with Crippen LogP contribution in [0.3, 0.4) is 0 Å². The van der Waals surface area contributed by atoms with Crippen LogP contribution in [0.2, 0.25) is 0 Å². The van der Waals surface area contributed by atoms with Crippen molar-refractivity contribution in [3.05, 3.63) is 113 Å². The van der Waals surface area contributed by atoms with E-state index in [0.717, 1.165) is 5.56 Å². The highest BCUT2D eigenvalue weighted by molar-refractivity contribution is 8.00. The molecule has 1 saturated heterocycles. The summed E-state index contributed by atoms with van der Waals surface area (Å²) in [6.45, 7) is 1.71. The average Bonchev–Trinajstić information content (AvgIpc) is 3.62. The van der Waals surface area contributed by atoms with E-state index in [2.05, 4.69) is 15.2 Å². The highest BCUT2D eigenvalue weighted by Gasteiger charge is 2.48. The smallest absolute Gasteiger partial charge is 0.301 e. The Morgan fingerprint density at radius 3 is 2.54 bits per heavy atom. The molecule has 39 heavy (non-hydrogen) atoms.